The molecule has 5 nitrogen and oxygen atoms in total. The zero-order chi connectivity index (χ0) is 18.1. The fourth-order valence-corrected chi connectivity index (χ4v) is 4.41. The van der Waals surface area contributed by atoms with Crippen molar-refractivity contribution >= 4 is 35.4 Å². The molecular weight excluding hydrogens is 361 g/mol. The third-order valence-electron chi connectivity index (χ3n) is 4.39. The Balaban J connectivity index is 1.76. The summed E-state index contributed by atoms with van der Waals surface area (Å²) < 4.78 is 13.8. The van der Waals surface area contributed by atoms with Gasteiger partial charge < -0.3 is 15.2 Å². The van der Waals surface area contributed by atoms with Gasteiger partial charge >= 0.3 is 0 Å². The molecular formula is C17H18FN3O2S2. The molecule has 0 saturated carbocycles. The number of nitrogens with zero attached hydrogens (tertiary/aromatic N) is 1. The number of aromatic amines is 1. The van der Waals surface area contributed by atoms with Gasteiger partial charge in [0.15, 0.2) is 3.95 Å². The van der Waals surface area contributed by atoms with E-state index in [4.69, 9.17) is 12.2 Å². The van der Waals surface area contributed by atoms with Crippen molar-refractivity contribution in [1.29, 1.82) is 0 Å². The smallest absolute Gasteiger partial charge is 0.225 e. The maximum atomic E-state index is 13.2. The van der Waals surface area contributed by atoms with Crippen molar-refractivity contribution in [3.05, 3.63) is 50.2 Å². The Morgan fingerprint density at radius 1 is 1.44 bits per heavy atom. The van der Waals surface area contributed by atoms with Crippen LogP contribution in [-0.4, -0.2) is 34.8 Å². The maximum absolute atomic E-state index is 13.2. The van der Waals surface area contributed by atoms with Crippen LogP contribution < -0.4 is 5.32 Å². The van der Waals surface area contributed by atoms with E-state index in [0.717, 1.165) is 16.1 Å². The van der Waals surface area contributed by atoms with Gasteiger partial charge in [0, 0.05) is 24.0 Å². The van der Waals surface area contributed by atoms with Crippen LogP contribution in [0.15, 0.2) is 24.3 Å². The molecule has 0 radical (unpaired) electrons. The molecule has 2 atom stereocenters. The Morgan fingerprint density at radius 2 is 2.12 bits per heavy atom. The second kappa shape index (κ2) is 7.05. The molecule has 2 amide bonds. The second-order valence-electron chi connectivity index (χ2n) is 6.12. The summed E-state index contributed by atoms with van der Waals surface area (Å²) in [5.41, 5.74) is 1.69. The Kier molecular flexibility index (Phi) is 5.01. The minimum atomic E-state index is -0.345. The van der Waals surface area contributed by atoms with Crippen molar-refractivity contribution < 1.29 is 14.0 Å². The van der Waals surface area contributed by atoms with E-state index in [1.807, 2.05) is 6.92 Å². The number of rotatable bonds is 4. The molecule has 1 aliphatic rings. The molecule has 0 bridgehead atoms. The van der Waals surface area contributed by atoms with E-state index in [9.17, 15) is 14.0 Å². The summed E-state index contributed by atoms with van der Waals surface area (Å²) in [7, 11) is 1.70. The van der Waals surface area contributed by atoms with Crippen molar-refractivity contribution in [3.63, 3.8) is 0 Å². The van der Waals surface area contributed by atoms with Gasteiger partial charge in [-0.3, -0.25) is 9.59 Å². The van der Waals surface area contributed by atoms with Gasteiger partial charge in [0.25, 0.3) is 0 Å². The molecule has 1 aromatic carbocycles. The van der Waals surface area contributed by atoms with Crippen molar-refractivity contribution in [3.8, 4) is 0 Å². The van der Waals surface area contributed by atoms with Gasteiger partial charge in [-0.15, -0.1) is 11.3 Å². The molecule has 25 heavy (non-hydrogen) atoms. The molecule has 0 spiro atoms. The number of thiazole rings is 1. The molecule has 0 unspecified atom stereocenters. The van der Waals surface area contributed by atoms with Gasteiger partial charge in [-0.25, -0.2) is 4.39 Å². The van der Waals surface area contributed by atoms with Crippen LogP contribution in [0.2, 0.25) is 0 Å². The number of likely N-dealkylation sites (tertiary alicyclic amines) is 1. The van der Waals surface area contributed by atoms with E-state index in [-0.39, 0.29) is 42.6 Å². The van der Waals surface area contributed by atoms with E-state index in [1.54, 1.807) is 24.1 Å². The first-order valence-electron chi connectivity index (χ1n) is 7.84. The van der Waals surface area contributed by atoms with Crippen LogP contribution in [-0.2, 0) is 16.0 Å². The Labute approximate surface area is 153 Å². The fraction of sp³-hybridized carbons (Fsp3) is 0.353. The molecule has 1 aliphatic heterocycles. The topological polar surface area (TPSA) is 65.2 Å². The highest BCUT2D eigenvalue weighted by Gasteiger charge is 2.39. The van der Waals surface area contributed by atoms with Gasteiger partial charge in [-0.1, -0.05) is 12.1 Å². The molecule has 2 aromatic rings. The van der Waals surface area contributed by atoms with Crippen LogP contribution in [0.5, 0.6) is 0 Å². The first kappa shape index (κ1) is 17.8. The largest absolute Gasteiger partial charge is 0.350 e. The normalized spacial score (nSPS) is 20.1. The highest BCUT2D eigenvalue weighted by Crippen LogP contribution is 2.32. The number of likely N-dealkylation sites (N-methyl/N-ethyl adjacent to an activating group) is 1. The molecule has 8 heteroatoms. The minimum Gasteiger partial charge on any atom is -0.350 e. The third kappa shape index (κ3) is 3.80. The second-order valence-corrected chi connectivity index (χ2v) is 7.89. The molecule has 1 aromatic heterocycles. The van der Waals surface area contributed by atoms with Crippen molar-refractivity contribution in [2.45, 2.75) is 31.8 Å². The quantitative estimate of drug-likeness (QED) is 0.803. The lowest BCUT2D eigenvalue weighted by Crippen LogP contribution is -2.39. The molecule has 3 rings (SSSR count). The van der Waals surface area contributed by atoms with E-state index in [0.29, 0.717) is 3.95 Å². The number of hydrogen-bond donors (Lipinski definition) is 2. The summed E-state index contributed by atoms with van der Waals surface area (Å²) in [6, 6.07) is 5.37. The lowest BCUT2D eigenvalue weighted by Gasteiger charge is -2.26. The summed E-state index contributed by atoms with van der Waals surface area (Å²) in [6.45, 7) is 1.88. The standard InChI is InChI=1S/C17H18FN3O2S2/c1-9-13(25-17(24)19-9)8-14(22)20-12-7-15(23)21(2)16(12)10-3-5-11(18)6-4-10/h3-6,12,16H,7-8H2,1-2H3,(H,19,24)(H,20,22)/t12-,16-/m1/s1. The highest BCUT2D eigenvalue weighted by atomic mass is 32.1. The first-order valence-corrected chi connectivity index (χ1v) is 9.06. The van der Waals surface area contributed by atoms with Crippen LogP contribution >= 0.6 is 23.6 Å². The van der Waals surface area contributed by atoms with Crippen LogP contribution in [0.25, 0.3) is 0 Å². The number of H-pyrrole nitrogens is 1. The number of nitrogens with one attached hydrogen (secondary N) is 2. The number of amides is 2. The number of hydrogen-bond acceptors (Lipinski definition) is 4. The summed E-state index contributed by atoms with van der Waals surface area (Å²) >= 11 is 6.47. The lowest BCUT2D eigenvalue weighted by molar-refractivity contribution is -0.127. The van der Waals surface area contributed by atoms with Crippen LogP contribution in [0.1, 0.15) is 28.6 Å². The number of aryl methyl sites for hydroxylation is 1. The van der Waals surface area contributed by atoms with Gasteiger partial charge in [0.05, 0.1) is 18.5 Å². The summed E-state index contributed by atoms with van der Waals surface area (Å²) in [6.07, 6.45) is 0.445. The van der Waals surface area contributed by atoms with Gasteiger partial charge in [0.1, 0.15) is 5.82 Å². The summed E-state index contributed by atoms with van der Waals surface area (Å²) in [4.78, 5) is 30.1. The average Bonchev–Trinajstić information content (AvgIpc) is 2.99. The molecule has 2 N–H and O–H groups in total. The zero-order valence-corrected chi connectivity index (χ0v) is 15.5. The zero-order valence-electron chi connectivity index (χ0n) is 13.8. The number of benzene rings is 1. The van der Waals surface area contributed by atoms with Gasteiger partial charge in [-0.05, 0) is 36.8 Å². The first-order chi connectivity index (χ1) is 11.8. The predicted molar refractivity (Wildman–Crippen MR) is 96.4 cm³/mol. The molecule has 1 saturated heterocycles. The SMILES string of the molecule is Cc1[nH]c(=S)sc1CC(=O)N[C@@H]1CC(=O)N(C)[C@@H]1c1ccc(F)cc1. The third-order valence-corrected chi connectivity index (χ3v) is 5.73. The van der Waals surface area contributed by atoms with E-state index >= 15 is 0 Å². The van der Waals surface area contributed by atoms with Gasteiger partial charge in [-0.2, -0.15) is 0 Å². The van der Waals surface area contributed by atoms with Gasteiger partial charge in [0.2, 0.25) is 11.8 Å². The maximum Gasteiger partial charge on any atom is 0.225 e. The highest BCUT2D eigenvalue weighted by molar-refractivity contribution is 7.73. The monoisotopic (exact) mass is 379 g/mol. The number of halogens is 1. The van der Waals surface area contributed by atoms with E-state index in [1.165, 1.54) is 23.5 Å². The van der Waals surface area contributed by atoms with E-state index in [2.05, 4.69) is 10.3 Å². The minimum absolute atomic E-state index is 0.0480. The Bertz CT molecular complexity index is 860. The Morgan fingerprint density at radius 3 is 2.72 bits per heavy atom. The van der Waals surface area contributed by atoms with Crippen LogP contribution in [0.3, 0.4) is 0 Å². The Hall–Kier alpha value is -2.06. The van der Waals surface area contributed by atoms with E-state index < -0.39 is 0 Å². The van der Waals surface area contributed by atoms with Crippen molar-refractivity contribution in [2.24, 2.45) is 0 Å². The van der Waals surface area contributed by atoms with Crippen LogP contribution in [0.4, 0.5) is 4.39 Å². The number of carbonyl (C=O) groups excluding carboxylic acids is 2. The van der Waals surface area contributed by atoms with Crippen molar-refractivity contribution in [2.75, 3.05) is 7.05 Å². The molecule has 2 heterocycles. The number of aromatic nitrogens is 1. The number of carbonyl (C=O) groups is 2. The predicted octanol–water partition coefficient (Wildman–Crippen LogP) is 2.88. The fourth-order valence-electron chi connectivity index (χ4n) is 3.12. The molecule has 0 aliphatic carbocycles. The van der Waals surface area contributed by atoms with Crippen LogP contribution in [0, 0.1) is 16.7 Å². The summed E-state index contributed by atoms with van der Waals surface area (Å²) in [5, 5.41) is 2.95. The summed E-state index contributed by atoms with van der Waals surface area (Å²) in [5.74, 6) is -0.540. The average molecular weight is 379 g/mol. The molecule has 132 valence electrons. The van der Waals surface area contributed by atoms with Crippen molar-refractivity contribution in [1.82, 2.24) is 15.2 Å². The molecule has 1 fully saturated rings. The lowest BCUT2D eigenvalue weighted by atomic mass is 10.00.